The van der Waals surface area contributed by atoms with Gasteiger partial charge in [0.1, 0.15) is 5.82 Å². The van der Waals surface area contributed by atoms with Gasteiger partial charge in [-0.25, -0.2) is 9.97 Å². The molecule has 3 rings (SSSR count). The average Bonchev–Trinajstić information content (AvgIpc) is 2.53. The molecule has 1 fully saturated rings. The zero-order valence-corrected chi connectivity index (χ0v) is 13.0. The fourth-order valence-corrected chi connectivity index (χ4v) is 2.51. The van der Waals surface area contributed by atoms with Gasteiger partial charge in [0, 0.05) is 42.5 Å². The molecule has 0 aliphatic carbocycles. The van der Waals surface area contributed by atoms with Crippen molar-refractivity contribution in [3.63, 3.8) is 0 Å². The highest BCUT2D eigenvalue weighted by Crippen LogP contribution is 2.27. The maximum atomic E-state index is 10.9. The third kappa shape index (κ3) is 3.03. The van der Waals surface area contributed by atoms with Gasteiger partial charge >= 0.3 is 5.97 Å². The Morgan fingerprint density at radius 3 is 2.54 bits per heavy atom. The van der Waals surface area contributed by atoms with Crippen molar-refractivity contribution in [2.24, 2.45) is 5.92 Å². The Labute approximate surface area is 137 Å². The number of nitro groups is 1. The van der Waals surface area contributed by atoms with Gasteiger partial charge in [-0.1, -0.05) is 6.92 Å². The zero-order chi connectivity index (χ0) is 17.3. The second kappa shape index (κ2) is 6.23. The lowest BCUT2D eigenvalue weighted by molar-refractivity contribution is -0.384. The first-order valence-corrected chi connectivity index (χ1v) is 7.58. The molecule has 1 aromatic carbocycles. The van der Waals surface area contributed by atoms with E-state index in [2.05, 4.69) is 9.97 Å². The van der Waals surface area contributed by atoms with Gasteiger partial charge in [0.15, 0.2) is 5.82 Å². The van der Waals surface area contributed by atoms with Crippen LogP contribution in [0, 0.1) is 16.0 Å². The average molecular weight is 328 g/mol. The number of aryl methyl sites for hydroxylation is 1. The number of non-ortho nitro benzene ring substituents is 1. The first-order chi connectivity index (χ1) is 11.5. The Kier molecular flexibility index (Phi) is 4.11. The summed E-state index contributed by atoms with van der Waals surface area (Å²) in [4.78, 5) is 32.1. The van der Waals surface area contributed by atoms with Crippen LogP contribution in [0.3, 0.4) is 0 Å². The van der Waals surface area contributed by atoms with Crippen molar-refractivity contribution in [3.8, 4) is 11.4 Å². The minimum absolute atomic E-state index is 0.0117. The number of rotatable bonds is 5. The number of aliphatic carboxylic acids is 1. The molecule has 0 radical (unpaired) electrons. The van der Waals surface area contributed by atoms with Gasteiger partial charge in [-0.2, -0.15) is 0 Å². The summed E-state index contributed by atoms with van der Waals surface area (Å²) in [5, 5.41) is 19.7. The molecule has 0 atom stereocenters. The zero-order valence-electron chi connectivity index (χ0n) is 13.0. The predicted molar refractivity (Wildman–Crippen MR) is 86.8 cm³/mol. The number of aromatic nitrogens is 2. The van der Waals surface area contributed by atoms with E-state index >= 15 is 0 Å². The summed E-state index contributed by atoms with van der Waals surface area (Å²) in [7, 11) is 0. The van der Waals surface area contributed by atoms with Crippen LogP contribution in [-0.2, 0) is 11.2 Å². The summed E-state index contributed by atoms with van der Waals surface area (Å²) in [6, 6.07) is 7.93. The summed E-state index contributed by atoms with van der Waals surface area (Å²) in [5.41, 5.74) is 1.54. The van der Waals surface area contributed by atoms with E-state index in [0.29, 0.717) is 36.7 Å². The molecule has 124 valence electrons. The van der Waals surface area contributed by atoms with Gasteiger partial charge < -0.3 is 10.0 Å². The molecular formula is C16H16N4O4. The summed E-state index contributed by atoms with van der Waals surface area (Å²) in [6.07, 6.45) is 0.714. The van der Waals surface area contributed by atoms with Crippen LogP contribution >= 0.6 is 0 Å². The van der Waals surface area contributed by atoms with Gasteiger partial charge in [-0.05, 0) is 18.6 Å². The summed E-state index contributed by atoms with van der Waals surface area (Å²) >= 11 is 0. The van der Waals surface area contributed by atoms with Crippen LogP contribution in [-0.4, -0.2) is 39.1 Å². The fourth-order valence-electron chi connectivity index (χ4n) is 2.51. The van der Waals surface area contributed by atoms with Crippen molar-refractivity contribution < 1.29 is 14.8 Å². The van der Waals surface area contributed by atoms with Crippen molar-refractivity contribution in [3.05, 3.63) is 46.1 Å². The number of nitrogens with zero attached hydrogens (tertiary/aromatic N) is 4. The Balaban J connectivity index is 1.89. The standard InChI is InChI=1S/C16H16N4O4/c1-2-12-7-14(19-8-11(9-19)16(21)22)18-15(17-12)10-3-5-13(6-4-10)20(23)24/h3-7,11H,2,8-9H2,1H3,(H,21,22). The molecular weight excluding hydrogens is 312 g/mol. The molecule has 2 heterocycles. The molecule has 0 saturated carbocycles. The van der Waals surface area contributed by atoms with Gasteiger partial charge in [0.25, 0.3) is 5.69 Å². The lowest BCUT2D eigenvalue weighted by Crippen LogP contribution is -2.50. The van der Waals surface area contributed by atoms with E-state index in [1.807, 2.05) is 17.9 Å². The molecule has 0 unspecified atom stereocenters. The second-order valence-electron chi connectivity index (χ2n) is 5.64. The largest absolute Gasteiger partial charge is 0.481 e. The molecule has 8 nitrogen and oxygen atoms in total. The highest BCUT2D eigenvalue weighted by Gasteiger charge is 2.33. The first-order valence-electron chi connectivity index (χ1n) is 7.58. The number of hydrogen-bond acceptors (Lipinski definition) is 6. The van der Waals surface area contributed by atoms with E-state index in [1.54, 1.807) is 12.1 Å². The Morgan fingerprint density at radius 2 is 2.00 bits per heavy atom. The number of benzene rings is 1. The third-order valence-electron chi connectivity index (χ3n) is 4.02. The van der Waals surface area contributed by atoms with E-state index in [0.717, 1.165) is 5.69 Å². The molecule has 1 aromatic heterocycles. The maximum Gasteiger partial charge on any atom is 0.310 e. The van der Waals surface area contributed by atoms with Crippen LogP contribution in [0.2, 0.25) is 0 Å². The Hall–Kier alpha value is -3.03. The highest BCUT2D eigenvalue weighted by molar-refractivity contribution is 5.74. The smallest absolute Gasteiger partial charge is 0.310 e. The SMILES string of the molecule is CCc1cc(N2CC(C(=O)O)C2)nc(-c2ccc([N+](=O)[O-])cc2)n1. The third-order valence-corrected chi connectivity index (χ3v) is 4.02. The Morgan fingerprint density at radius 1 is 1.33 bits per heavy atom. The molecule has 1 saturated heterocycles. The summed E-state index contributed by atoms with van der Waals surface area (Å²) < 4.78 is 0. The van der Waals surface area contributed by atoms with Crippen molar-refractivity contribution in [1.29, 1.82) is 0 Å². The number of anilines is 1. The van der Waals surface area contributed by atoms with Gasteiger partial charge in [0.05, 0.1) is 10.8 Å². The fraction of sp³-hybridized carbons (Fsp3) is 0.312. The highest BCUT2D eigenvalue weighted by atomic mass is 16.6. The monoisotopic (exact) mass is 328 g/mol. The number of hydrogen-bond donors (Lipinski definition) is 1. The normalized spacial score (nSPS) is 14.3. The summed E-state index contributed by atoms with van der Waals surface area (Å²) in [6.45, 7) is 2.83. The van der Waals surface area contributed by atoms with Crippen LogP contribution in [0.4, 0.5) is 11.5 Å². The topological polar surface area (TPSA) is 109 Å². The lowest BCUT2D eigenvalue weighted by Gasteiger charge is -2.37. The van der Waals surface area contributed by atoms with Crippen LogP contribution in [0.1, 0.15) is 12.6 Å². The summed E-state index contributed by atoms with van der Waals surface area (Å²) in [5.74, 6) is 0.00482. The van der Waals surface area contributed by atoms with Crippen molar-refractivity contribution in [1.82, 2.24) is 9.97 Å². The predicted octanol–water partition coefficient (Wildman–Crippen LogP) is 2.13. The molecule has 1 N–H and O–H groups in total. The molecule has 1 aliphatic heterocycles. The number of carboxylic acids is 1. The van der Waals surface area contributed by atoms with Crippen molar-refractivity contribution in [2.45, 2.75) is 13.3 Å². The van der Waals surface area contributed by atoms with Gasteiger partial charge in [-0.3, -0.25) is 14.9 Å². The van der Waals surface area contributed by atoms with Crippen LogP contribution < -0.4 is 4.90 Å². The minimum atomic E-state index is -0.799. The Bertz CT molecular complexity index is 785. The van der Waals surface area contributed by atoms with E-state index in [4.69, 9.17) is 5.11 Å². The van der Waals surface area contributed by atoms with Crippen molar-refractivity contribution in [2.75, 3.05) is 18.0 Å². The van der Waals surface area contributed by atoms with Gasteiger partial charge in [0.2, 0.25) is 0 Å². The number of carboxylic acid groups (broad SMARTS) is 1. The number of nitro benzene ring substituents is 1. The second-order valence-corrected chi connectivity index (χ2v) is 5.64. The molecule has 2 aromatic rings. The van der Waals surface area contributed by atoms with Crippen LogP contribution in [0.25, 0.3) is 11.4 Å². The van der Waals surface area contributed by atoms with Crippen LogP contribution in [0.5, 0.6) is 0 Å². The lowest BCUT2D eigenvalue weighted by atomic mass is 10.0. The molecule has 8 heteroatoms. The minimum Gasteiger partial charge on any atom is -0.481 e. The maximum absolute atomic E-state index is 10.9. The van der Waals surface area contributed by atoms with Crippen LogP contribution in [0.15, 0.2) is 30.3 Å². The quantitative estimate of drug-likeness (QED) is 0.661. The molecule has 0 amide bonds. The first kappa shape index (κ1) is 15.9. The van der Waals surface area contributed by atoms with Crippen molar-refractivity contribution >= 4 is 17.5 Å². The van der Waals surface area contributed by atoms with Gasteiger partial charge in [-0.15, -0.1) is 0 Å². The molecule has 24 heavy (non-hydrogen) atoms. The molecule has 0 spiro atoms. The molecule has 0 bridgehead atoms. The molecule has 1 aliphatic rings. The van der Waals surface area contributed by atoms with E-state index in [9.17, 15) is 14.9 Å². The van der Waals surface area contributed by atoms with E-state index in [1.165, 1.54) is 12.1 Å². The van der Waals surface area contributed by atoms with E-state index in [-0.39, 0.29) is 11.6 Å². The number of carbonyl (C=O) groups is 1. The van der Waals surface area contributed by atoms with E-state index < -0.39 is 10.9 Å².